The van der Waals surface area contributed by atoms with E-state index in [1.165, 1.54) is 12.1 Å². The lowest BCUT2D eigenvalue weighted by atomic mass is 9.91. The van der Waals surface area contributed by atoms with Gasteiger partial charge in [-0.2, -0.15) is 0 Å². The Morgan fingerprint density at radius 3 is 2.78 bits per heavy atom. The fourth-order valence-corrected chi connectivity index (χ4v) is 4.51. The number of fused-ring (bicyclic) bond motifs is 1. The van der Waals surface area contributed by atoms with Gasteiger partial charge in [0.15, 0.2) is 23.6 Å². The van der Waals surface area contributed by atoms with Gasteiger partial charge >= 0.3 is 0 Å². The van der Waals surface area contributed by atoms with E-state index in [4.69, 9.17) is 16.0 Å². The second-order valence-electron chi connectivity index (χ2n) is 8.02. The zero-order valence-corrected chi connectivity index (χ0v) is 18.1. The molecule has 6 nitrogen and oxygen atoms in total. The van der Waals surface area contributed by atoms with Crippen LogP contribution in [0.1, 0.15) is 41.9 Å². The van der Waals surface area contributed by atoms with Crippen LogP contribution in [-0.4, -0.2) is 33.8 Å². The Balaban J connectivity index is 1.57. The van der Waals surface area contributed by atoms with Gasteiger partial charge in [-0.25, -0.2) is 19.3 Å². The molecule has 1 aliphatic rings. The molecule has 162 valence electrons. The normalized spacial score (nSPS) is 18.8. The minimum atomic E-state index is -0.479. The zero-order valence-electron chi connectivity index (χ0n) is 17.3. The fourth-order valence-electron chi connectivity index (χ4n) is 4.34. The number of hydrogen-bond acceptors (Lipinski definition) is 6. The van der Waals surface area contributed by atoms with Gasteiger partial charge in [0.1, 0.15) is 11.3 Å². The highest BCUT2D eigenvalue weighted by Gasteiger charge is 2.32. The summed E-state index contributed by atoms with van der Waals surface area (Å²) in [5.41, 5.74) is 2.73. The maximum Gasteiger partial charge on any atom is 0.200 e. The molecule has 0 amide bonds. The molecule has 0 saturated carbocycles. The quantitative estimate of drug-likeness (QED) is 0.373. The second-order valence-corrected chi connectivity index (χ2v) is 8.46. The molecule has 8 heteroatoms. The van der Waals surface area contributed by atoms with Gasteiger partial charge < -0.3 is 9.32 Å². The monoisotopic (exact) mass is 450 g/mol. The largest absolute Gasteiger partial charge is 0.440 e. The van der Waals surface area contributed by atoms with E-state index in [-0.39, 0.29) is 17.5 Å². The van der Waals surface area contributed by atoms with E-state index in [1.807, 2.05) is 6.07 Å². The van der Waals surface area contributed by atoms with Crippen LogP contribution in [0.5, 0.6) is 0 Å². The van der Waals surface area contributed by atoms with Crippen molar-refractivity contribution in [3.8, 4) is 11.4 Å². The summed E-state index contributed by atoms with van der Waals surface area (Å²) in [6, 6.07) is 9.85. The second kappa shape index (κ2) is 8.31. The number of oxazole rings is 1. The summed E-state index contributed by atoms with van der Waals surface area (Å²) in [6.45, 7) is 2.65. The minimum absolute atomic E-state index is 0.00451. The fraction of sp³-hybridized carbons (Fsp3) is 0.250. The molecular formula is C24H20ClFN4O2. The first-order valence-electron chi connectivity index (χ1n) is 10.4. The Bertz CT molecular complexity index is 1290. The molecule has 1 aliphatic heterocycles. The lowest BCUT2D eigenvalue weighted by molar-refractivity contribution is 0.112. The van der Waals surface area contributed by atoms with Crippen molar-refractivity contribution < 1.29 is 13.6 Å². The lowest BCUT2D eigenvalue weighted by Gasteiger charge is -2.39. The van der Waals surface area contributed by atoms with Crippen LogP contribution in [0.25, 0.3) is 22.5 Å². The molecule has 0 N–H and O–H groups in total. The Kier molecular flexibility index (Phi) is 5.35. The van der Waals surface area contributed by atoms with Gasteiger partial charge in [-0.1, -0.05) is 11.6 Å². The van der Waals surface area contributed by atoms with Crippen LogP contribution in [0.2, 0.25) is 5.02 Å². The summed E-state index contributed by atoms with van der Waals surface area (Å²) >= 11 is 6.09. The van der Waals surface area contributed by atoms with Crippen LogP contribution in [0.15, 0.2) is 53.2 Å². The van der Waals surface area contributed by atoms with Crippen molar-refractivity contribution in [3.05, 3.63) is 71.1 Å². The topological polar surface area (TPSA) is 72.1 Å². The molecule has 1 saturated heterocycles. The highest BCUT2D eigenvalue weighted by atomic mass is 35.5. The maximum atomic E-state index is 14.5. The average molecular weight is 451 g/mol. The molecule has 2 atom stereocenters. The summed E-state index contributed by atoms with van der Waals surface area (Å²) in [5, 5.41) is 0.602. The predicted molar refractivity (Wildman–Crippen MR) is 121 cm³/mol. The van der Waals surface area contributed by atoms with Crippen LogP contribution in [0.4, 0.5) is 10.1 Å². The Hall–Kier alpha value is -3.32. The van der Waals surface area contributed by atoms with Gasteiger partial charge in [0, 0.05) is 35.6 Å². The number of carbonyl (C=O) groups excluding carboxylic acids is 1. The minimum Gasteiger partial charge on any atom is -0.440 e. The number of aldehydes is 1. The van der Waals surface area contributed by atoms with E-state index >= 15 is 0 Å². The third-order valence-electron chi connectivity index (χ3n) is 5.94. The third-order valence-corrected chi connectivity index (χ3v) is 6.17. The van der Waals surface area contributed by atoms with Crippen molar-refractivity contribution >= 4 is 34.7 Å². The standard InChI is InChI=1S/C24H20ClFN4O2/c1-14-3-4-15(24-29-19-10-17(25)5-6-21(19)32-24)12-30(14)20-11-18(26)9-16(13-31)22(20)23-27-7-2-8-28-23/h2,5-11,13-15H,3-4,12H2,1H3/t14-,15-/m1/s1. The van der Waals surface area contributed by atoms with Gasteiger partial charge in [-0.15, -0.1) is 0 Å². The number of piperidine rings is 1. The Labute approximate surface area is 189 Å². The molecule has 2 aromatic carbocycles. The SMILES string of the molecule is C[C@@H]1CC[C@@H](c2nc3cc(Cl)ccc3o2)CN1c1cc(F)cc(C=O)c1-c1ncccn1. The summed E-state index contributed by atoms with van der Waals surface area (Å²) in [7, 11) is 0. The first-order valence-corrected chi connectivity index (χ1v) is 10.8. The number of halogens is 2. The van der Waals surface area contributed by atoms with Gasteiger partial charge in [0.25, 0.3) is 0 Å². The van der Waals surface area contributed by atoms with Crippen LogP contribution in [-0.2, 0) is 0 Å². The van der Waals surface area contributed by atoms with Crippen LogP contribution in [0, 0.1) is 5.82 Å². The predicted octanol–water partition coefficient (Wildman–Crippen LogP) is 5.66. The van der Waals surface area contributed by atoms with Crippen molar-refractivity contribution in [3.63, 3.8) is 0 Å². The van der Waals surface area contributed by atoms with Gasteiger partial charge in [-0.3, -0.25) is 4.79 Å². The molecule has 1 fully saturated rings. The number of nitrogens with zero attached hydrogens (tertiary/aromatic N) is 4. The van der Waals surface area contributed by atoms with Crippen LogP contribution < -0.4 is 4.90 Å². The van der Waals surface area contributed by atoms with Crippen LogP contribution in [0.3, 0.4) is 0 Å². The molecule has 0 radical (unpaired) electrons. The number of anilines is 1. The summed E-state index contributed by atoms with van der Waals surface area (Å²) in [6.07, 6.45) is 5.60. The molecule has 3 heterocycles. The highest BCUT2D eigenvalue weighted by molar-refractivity contribution is 6.31. The molecule has 0 aliphatic carbocycles. The highest BCUT2D eigenvalue weighted by Crippen LogP contribution is 2.39. The lowest BCUT2D eigenvalue weighted by Crippen LogP contribution is -2.41. The number of carbonyl (C=O) groups is 1. The van der Waals surface area contributed by atoms with E-state index in [9.17, 15) is 9.18 Å². The summed E-state index contributed by atoms with van der Waals surface area (Å²) < 4.78 is 20.5. The summed E-state index contributed by atoms with van der Waals surface area (Å²) in [5.74, 6) is 0.539. The van der Waals surface area contributed by atoms with E-state index < -0.39 is 5.82 Å². The van der Waals surface area contributed by atoms with Crippen molar-refractivity contribution in [2.45, 2.75) is 31.7 Å². The maximum absolute atomic E-state index is 14.5. The number of rotatable bonds is 4. The van der Waals surface area contributed by atoms with E-state index in [2.05, 4.69) is 26.8 Å². The third kappa shape index (κ3) is 3.73. The van der Waals surface area contributed by atoms with E-state index in [0.29, 0.717) is 51.9 Å². The zero-order chi connectivity index (χ0) is 22.2. The molecule has 0 spiro atoms. The van der Waals surface area contributed by atoms with Crippen molar-refractivity contribution in [1.29, 1.82) is 0 Å². The smallest absolute Gasteiger partial charge is 0.200 e. The van der Waals surface area contributed by atoms with Crippen molar-refractivity contribution in [2.24, 2.45) is 0 Å². The molecule has 5 rings (SSSR count). The molecular weight excluding hydrogens is 431 g/mol. The van der Waals surface area contributed by atoms with E-state index in [1.54, 1.807) is 30.6 Å². The van der Waals surface area contributed by atoms with Gasteiger partial charge in [0.2, 0.25) is 0 Å². The first kappa shape index (κ1) is 20.6. The number of aromatic nitrogens is 3. The molecule has 4 aromatic rings. The van der Waals surface area contributed by atoms with Crippen molar-refractivity contribution in [1.82, 2.24) is 15.0 Å². The van der Waals surface area contributed by atoms with Crippen molar-refractivity contribution in [2.75, 3.05) is 11.4 Å². The van der Waals surface area contributed by atoms with Gasteiger partial charge in [0.05, 0.1) is 17.2 Å². The number of hydrogen-bond donors (Lipinski definition) is 0. The first-order chi connectivity index (χ1) is 15.5. The number of benzene rings is 2. The molecule has 0 bridgehead atoms. The van der Waals surface area contributed by atoms with E-state index in [0.717, 1.165) is 12.8 Å². The average Bonchev–Trinajstić information content (AvgIpc) is 3.22. The molecule has 32 heavy (non-hydrogen) atoms. The van der Waals surface area contributed by atoms with Crippen LogP contribution >= 0.6 is 11.6 Å². The summed E-state index contributed by atoms with van der Waals surface area (Å²) in [4.78, 5) is 27.2. The Morgan fingerprint density at radius 2 is 2.00 bits per heavy atom. The van der Waals surface area contributed by atoms with Gasteiger partial charge in [-0.05, 0) is 56.2 Å². The molecule has 2 aromatic heterocycles. The molecule has 0 unspecified atom stereocenters. The Morgan fingerprint density at radius 1 is 1.19 bits per heavy atom.